The maximum atomic E-state index is 14.5. The van der Waals surface area contributed by atoms with Crippen molar-refractivity contribution in [3.05, 3.63) is 87.2 Å². The molecule has 5 rings (SSSR count). The molecule has 4 amide bonds. The lowest BCUT2D eigenvalue weighted by atomic mass is 10.0. The van der Waals surface area contributed by atoms with Gasteiger partial charge in [-0.25, -0.2) is 14.1 Å². The number of fused-ring (bicyclic) bond motifs is 1. The lowest BCUT2D eigenvalue weighted by Gasteiger charge is -2.25. The van der Waals surface area contributed by atoms with Gasteiger partial charge in [0.2, 0.25) is 5.91 Å². The molecule has 2 aliphatic rings. The molecule has 3 aromatic rings. The average molecular weight is 601 g/mol. The average Bonchev–Trinajstić information content (AvgIpc) is 3.18. The minimum atomic E-state index is -1.21. The molecule has 10 heteroatoms. The minimum Gasteiger partial charge on any atom is -0.486 e. The van der Waals surface area contributed by atoms with Gasteiger partial charge in [0.15, 0.2) is 11.5 Å². The predicted molar refractivity (Wildman–Crippen MR) is 137 cm³/mol. The van der Waals surface area contributed by atoms with Crippen LogP contribution in [0.3, 0.4) is 0 Å². The maximum absolute atomic E-state index is 14.5. The zero-order chi connectivity index (χ0) is 25.2. The summed E-state index contributed by atoms with van der Waals surface area (Å²) in [6, 6.07) is 15.5. The topological polar surface area (TPSA) is 97.0 Å². The fraction of sp³-hybridized carbons (Fsp3) is 0.192. The zero-order valence-corrected chi connectivity index (χ0v) is 21.0. The van der Waals surface area contributed by atoms with Crippen LogP contribution in [0.4, 0.5) is 14.9 Å². The molecule has 2 unspecified atom stereocenters. The summed E-state index contributed by atoms with van der Waals surface area (Å²) in [5, 5.41) is 5.21. The van der Waals surface area contributed by atoms with Crippen molar-refractivity contribution in [3.8, 4) is 11.5 Å². The molecule has 2 aliphatic heterocycles. The first-order valence-corrected chi connectivity index (χ1v) is 12.3. The van der Waals surface area contributed by atoms with Gasteiger partial charge in [0.05, 0.1) is 5.69 Å². The highest BCUT2D eigenvalue weighted by atomic mass is 127. The number of amides is 4. The Bertz CT molecular complexity index is 1340. The van der Waals surface area contributed by atoms with Crippen LogP contribution in [0.5, 0.6) is 11.5 Å². The fourth-order valence-corrected chi connectivity index (χ4v) is 4.65. The molecule has 0 spiro atoms. The van der Waals surface area contributed by atoms with Crippen molar-refractivity contribution < 1.29 is 28.2 Å². The van der Waals surface area contributed by atoms with Gasteiger partial charge < -0.3 is 20.1 Å². The lowest BCUT2D eigenvalue weighted by molar-refractivity contribution is -0.134. The van der Waals surface area contributed by atoms with Crippen molar-refractivity contribution in [3.63, 3.8) is 0 Å². The van der Waals surface area contributed by atoms with Crippen molar-refractivity contribution in [1.82, 2.24) is 10.2 Å². The van der Waals surface area contributed by atoms with E-state index in [1.54, 1.807) is 48.5 Å². The van der Waals surface area contributed by atoms with Gasteiger partial charge in [-0.05, 0) is 64.0 Å². The Morgan fingerprint density at radius 1 is 1.06 bits per heavy atom. The number of benzene rings is 3. The molecule has 0 aliphatic carbocycles. The van der Waals surface area contributed by atoms with E-state index in [1.807, 2.05) is 28.7 Å². The summed E-state index contributed by atoms with van der Waals surface area (Å²) in [6.07, 6.45) is 0.0612. The number of nitrogens with one attached hydrogen (secondary N) is 2. The molecular weight excluding hydrogens is 580 g/mol. The number of nitrogens with zero attached hydrogens (tertiary/aromatic N) is 1. The van der Waals surface area contributed by atoms with E-state index in [1.165, 1.54) is 12.1 Å². The number of hydrogen-bond donors (Lipinski definition) is 2. The van der Waals surface area contributed by atoms with Crippen LogP contribution >= 0.6 is 22.6 Å². The van der Waals surface area contributed by atoms with E-state index < -0.39 is 35.7 Å². The number of carbonyl (C=O) groups is 3. The Morgan fingerprint density at radius 2 is 1.81 bits per heavy atom. The van der Waals surface area contributed by atoms with Gasteiger partial charge in [-0.3, -0.25) is 9.59 Å². The molecular formula is C26H21FIN3O5. The van der Waals surface area contributed by atoms with Gasteiger partial charge in [0.1, 0.15) is 31.1 Å². The summed E-state index contributed by atoms with van der Waals surface area (Å²) in [7, 11) is 0. The molecule has 2 heterocycles. The largest absolute Gasteiger partial charge is 0.486 e. The Kier molecular flexibility index (Phi) is 6.77. The maximum Gasteiger partial charge on any atom is 0.325 e. The normalized spacial score (nSPS) is 17.5. The molecule has 3 aromatic carbocycles. The third kappa shape index (κ3) is 4.85. The number of ether oxygens (including phenoxy) is 2. The Morgan fingerprint density at radius 3 is 2.56 bits per heavy atom. The highest BCUT2D eigenvalue weighted by Gasteiger charge is 2.45. The smallest absolute Gasteiger partial charge is 0.325 e. The first-order chi connectivity index (χ1) is 17.4. The van der Waals surface area contributed by atoms with E-state index >= 15 is 0 Å². The first-order valence-electron chi connectivity index (χ1n) is 11.2. The summed E-state index contributed by atoms with van der Waals surface area (Å²) in [5.41, 5.74) is 1.21. The van der Waals surface area contributed by atoms with Crippen LogP contribution in [0.15, 0.2) is 66.7 Å². The summed E-state index contributed by atoms with van der Waals surface area (Å²) < 4.78 is 26.2. The van der Waals surface area contributed by atoms with Gasteiger partial charge in [-0.2, -0.15) is 0 Å². The minimum absolute atomic E-state index is 0.0334. The third-order valence-corrected chi connectivity index (χ3v) is 6.62. The molecule has 0 bridgehead atoms. The zero-order valence-electron chi connectivity index (χ0n) is 18.9. The second-order valence-electron chi connectivity index (χ2n) is 8.31. The number of anilines is 1. The summed E-state index contributed by atoms with van der Waals surface area (Å²) in [5.74, 6) is -0.840. The molecule has 2 atom stereocenters. The van der Waals surface area contributed by atoms with Crippen LogP contribution in [0, 0.1) is 9.39 Å². The van der Waals surface area contributed by atoms with Gasteiger partial charge >= 0.3 is 6.03 Å². The van der Waals surface area contributed by atoms with E-state index in [0.29, 0.717) is 33.8 Å². The number of urea groups is 1. The molecule has 184 valence electrons. The first kappa shape index (κ1) is 24.0. The predicted octanol–water partition coefficient (Wildman–Crippen LogP) is 4.04. The number of rotatable bonds is 6. The van der Waals surface area contributed by atoms with Crippen molar-refractivity contribution in [1.29, 1.82) is 0 Å². The van der Waals surface area contributed by atoms with Crippen LogP contribution in [0.2, 0.25) is 0 Å². The van der Waals surface area contributed by atoms with Crippen molar-refractivity contribution in [2.24, 2.45) is 0 Å². The standard InChI is InChI=1S/C26H21FIN3O5/c27-18-14-17(28)7-8-19(18)29-24(32)20(12-15-4-2-1-3-5-15)31-25(33)23(30-26(31)34)16-6-9-21-22(13-16)36-11-10-35-21/h1-9,13-14,20,23H,10-12H2,(H,29,32)(H,30,34). The van der Waals surface area contributed by atoms with E-state index in [2.05, 4.69) is 10.6 Å². The molecule has 0 radical (unpaired) electrons. The van der Waals surface area contributed by atoms with Gasteiger partial charge in [-0.15, -0.1) is 0 Å². The monoisotopic (exact) mass is 601 g/mol. The fourth-order valence-electron chi connectivity index (χ4n) is 4.20. The van der Waals surface area contributed by atoms with Crippen LogP contribution in [0.25, 0.3) is 0 Å². The Labute approximate surface area is 219 Å². The van der Waals surface area contributed by atoms with Crippen LogP contribution in [0.1, 0.15) is 17.2 Å². The second kappa shape index (κ2) is 10.1. The van der Waals surface area contributed by atoms with Crippen LogP contribution in [-0.2, 0) is 16.0 Å². The number of halogens is 2. The molecule has 2 N–H and O–H groups in total. The highest BCUT2D eigenvalue weighted by molar-refractivity contribution is 14.1. The van der Waals surface area contributed by atoms with Gasteiger partial charge in [-0.1, -0.05) is 36.4 Å². The molecule has 0 saturated carbocycles. The SMILES string of the molecule is O=C(Nc1ccc(I)cc1F)C(Cc1ccccc1)N1C(=O)NC(c2ccc3c(c2)OCCO3)C1=O. The van der Waals surface area contributed by atoms with Crippen LogP contribution < -0.4 is 20.1 Å². The van der Waals surface area contributed by atoms with Crippen LogP contribution in [-0.4, -0.2) is 42.0 Å². The molecule has 8 nitrogen and oxygen atoms in total. The van der Waals surface area contributed by atoms with Crippen molar-refractivity contribution in [2.45, 2.75) is 18.5 Å². The Hall–Kier alpha value is -3.67. The molecule has 0 aromatic heterocycles. The number of imide groups is 1. The van der Waals surface area contributed by atoms with E-state index in [0.717, 1.165) is 10.5 Å². The summed E-state index contributed by atoms with van der Waals surface area (Å²) >= 11 is 1.97. The third-order valence-electron chi connectivity index (χ3n) is 5.95. The van der Waals surface area contributed by atoms with Gasteiger partial charge in [0.25, 0.3) is 5.91 Å². The lowest BCUT2D eigenvalue weighted by Crippen LogP contribution is -2.49. The summed E-state index contributed by atoms with van der Waals surface area (Å²) in [6.45, 7) is 0.804. The number of carbonyl (C=O) groups excluding carboxylic acids is 3. The second-order valence-corrected chi connectivity index (χ2v) is 9.56. The van der Waals surface area contributed by atoms with E-state index in [9.17, 15) is 18.8 Å². The quantitative estimate of drug-likeness (QED) is 0.329. The summed E-state index contributed by atoms with van der Waals surface area (Å²) in [4.78, 5) is 40.8. The van der Waals surface area contributed by atoms with E-state index in [4.69, 9.17) is 9.47 Å². The molecule has 1 fully saturated rings. The highest BCUT2D eigenvalue weighted by Crippen LogP contribution is 2.35. The molecule has 36 heavy (non-hydrogen) atoms. The molecule has 1 saturated heterocycles. The van der Waals surface area contributed by atoms with Crippen molar-refractivity contribution >= 4 is 46.1 Å². The van der Waals surface area contributed by atoms with Gasteiger partial charge in [0, 0.05) is 9.99 Å². The Balaban J connectivity index is 1.44. The van der Waals surface area contributed by atoms with Crippen molar-refractivity contribution in [2.75, 3.05) is 18.5 Å². The van der Waals surface area contributed by atoms with E-state index in [-0.39, 0.29) is 12.1 Å². The number of hydrogen-bond acceptors (Lipinski definition) is 5.